The maximum atomic E-state index is 6.01. The monoisotopic (exact) mass is 460 g/mol. The van der Waals surface area contributed by atoms with Gasteiger partial charge in [0.05, 0.1) is 0 Å². The summed E-state index contributed by atoms with van der Waals surface area (Å²) in [4.78, 5) is 1.28. The normalized spacial score (nSPS) is 11.0. The van der Waals surface area contributed by atoms with E-state index in [1.165, 1.54) is 38.6 Å². The van der Waals surface area contributed by atoms with Crippen molar-refractivity contribution in [2.24, 2.45) is 0 Å². The number of thiazole rings is 1. The molecule has 0 saturated heterocycles. The van der Waals surface area contributed by atoms with Crippen molar-refractivity contribution >= 4 is 27.9 Å². The van der Waals surface area contributed by atoms with E-state index in [1.807, 2.05) is 23.5 Å². The summed E-state index contributed by atoms with van der Waals surface area (Å²) in [6, 6.07) is 14.8. The highest BCUT2D eigenvalue weighted by molar-refractivity contribution is 7.14. The molecule has 0 saturated carbocycles. The molecule has 0 aliphatic heterocycles. The Kier molecular flexibility index (Phi) is 6.09. The van der Waals surface area contributed by atoms with Gasteiger partial charge in [-0.2, -0.15) is 4.40 Å². The van der Waals surface area contributed by atoms with Gasteiger partial charge in [0, 0.05) is 23.7 Å². The highest BCUT2D eigenvalue weighted by Crippen LogP contribution is 2.21. The summed E-state index contributed by atoms with van der Waals surface area (Å²) < 4.78 is 4.72. The first-order valence-corrected chi connectivity index (χ1v) is 10.1. The van der Waals surface area contributed by atoms with Gasteiger partial charge in [0.2, 0.25) is 0 Å². The Morgan fingerprint density at radius 1 is 1.04 bits per heavy atom. The van der Waals surface area contributed by atoms with Gasteiger partial charge in [0.1, 0.15) is 24.1 Å². The standard InChI is InChI=1S/C22H22ClN2S.BrH/c1-15-4-7-19(16(2)10-15)11-21-14-26-22-24(17(3)12-25(21)22)13-18-5-8-20(23)9-6-18;/h4-10,12,14H,11,13H2,1-3H3;1H/q+1;/p-1. The molecule has 140 valence electrons. The molecule has 4 aromatic rings. The molecule has 0 aliphatic carbocycles. The van der Waals surface area contributed by atoms with Crippen LogP contribution >= 0.6 is 22.9 Å². The van der Waals surface area contributed by atoms with Crippen molar-refractivity contribution in [3.05, 3.63) is 92.7 Å². The summed E-state index contributed by atoms with van der Waals surface area (Å²) >= 11 is 7.83. The number of nitrogens with zero attached hydrogens (tertiary/aromatic N) is 2. The van der Waals surface area contributed by atoms with Crippen LogP contribution in [0.15, 0.2) is 54.0 Å². The molecule has 0 bridgehead atoms. The zero-order valence-electron chi connectivity index (χ0n) is 15.7. The van der Waals surface area contributed by atoms with Crippen LogP contribution in [0.2, 0.25) is 5.02 Å². The van der Waals surface area contributed by atoms with E-state index in [1.54, 1.807) is 0 Å². The third kappa shape index (κ3) is 4.13. The molecule has 0 radical (unpaired) electrons. The highest BCUT2D eigenvalue weighted by atomic mass is 79.9. The molecule has 0 fully saturated rings. The van der Waals surface area contributed by atoms with Gasteiger partial charge in [0.25, 0.3) is 0 Å². The first kappa shape index (κ1) is 20.1. The third-order valence-corrected chi connectivity index (χ3v) is 6.18. The summed E-state index contributed by atoms with van der Waals surface area (Å²) in [5.41, 5.74) is 7.95. The number of fused-ring (bicyclic) bond motifs is 1. The first-order valence-electron chi connectivity index (χ1n) is 8.80. The Bertz CT molecular complexity index is 1080. The molecule has 0 spiro atoms. The number of aryl methyl sites for hydroxylation is 3. The minimum atomic E-state index is 0. The van der Waals surface area contributed by atoms with E-state index in [0.29, 0.717) is 0 Å². The average Bonchev–Trinajstić information content (AvgIpc) is 3.12. The van der Waals surface area contributed by atoms with E-state index in [9.17, 15) is 0 Å². The summed E-state index contributed by atoms with van der Waals surface area (Å²) in [5, 5.41) is 3.07. The van der Waals surface area contributed by atoms with Crippen LogP contribution in [0, 0.1) is 20.8 Å². The summed E-state index contributed by atoms with van der Waals surface area (Å²) in [7, 11) is 0. The van der Waals surface area contributed by atoms with Crippen LogP contribution in [0.1, 0.15) is 33.6 Å². The maximum absolute atomic E-state index is 6.01. The Balaban J connectivity index is 0.00000210. The van der Waals surface area contributed by atoms with Crippen LogP contribution in [0.3, 0.4) is 0 Å². The lowest BCUT2D eigenvalue weighted by atomic mass is 10.0. The van der Waals surface area contributed by atoms with Crippen molar-refractivity contribution in [3.8, 4) is 0 Å². The molecule has 0 aliphatic rings. The van der Waals surface area contributed by atoms with E-state index in [-0.39, 0.29) is 17.0 Å². The maximum Gasteiger partial charge on any atom is 0.346 e. The predicted molar refractivity (Wildman–Crippen MR) is 109 cm³/mol. The van der Waals surface area contributed by atoms with Crippen LogP contribution in [0.25, 0.3) is 4.96 Å². The minimum Gasteiger partial charge on any atom is -1.00 e. The Morgan fingerprint density at radius 3 is 2.48 bits per heavy atom. The molecule has 0 N–H and O–H groups in total. The van der Waals surface area contributed by atoms with Crippen molar-refractivity contribution < 1.29 is 21.5 Å². The zero-order valence-corrected chi connectivity index (χ0v) is 18.8. The number of rotatable bonds is 4. The third-order valence-electron chi connectivity index (χ3n) is 4.91. The lowest BCUT2D eigenvalue weighted by Gasteiger charge is -2.04. The van der Waals surface area contributed by atoms with Gasteiger partial charge in [-0.15, -0.1) is 0 Å². The molecule has 2 nitrogen and oxygen atoms in total. The van der Waals surface area contributed by atoms with E-state index >= 15 is 0 Å². The van der Waals surface area contributed by atoms with Crippen LogP contribution < -0.4 is 21.5 Å². The SMILES string of the molecule is Cc1ccc(Cc2csc3n2cc(C)[n+]3Cc2ccc(Cl)cc2)c(C)c1.[Br-]. The number of hydrogen-bond acceptors (Lipinski definition) is 1. The van der Waals surface area contributed by atoms with Gasteiger partial charge in [-0.3, -0.25) is 0 Å². The summed E-state index contributed by atoms with van der Waals surface area (Å²) in [6.45, 7) is 7.39. The number of hydrogen-bond donors (Lipinski definition) is 0. The quantitative estimate of drug-likeness (QED) is 0.413. The Morgan fingerprint density at radius 2 is 1.78 bits per heavy atom. The molecule has 5 heteroatoms. The van der Waals surface area contributed by atoms with Gasteiger partial charge >= 0.3 is 4.96 Å². The first-order chi connectivity index (χ1) is 12.5. The molecular formula is C22H22BrClN2S. The van der Waals surface area contributed by atoms with Crippen molar-refractivity contribution in [3.63, 3.8) is 0 Å². The van der Waals surface area contributed by atoms with Gasteiger partial charge in [0.15, 0.2) is 0 Å². The van der Waals surface area contributed by atoms with Crippen molar-refractivity contribution in [1.29, 1.82) is 0 Å². The highest BCUT2D eigenvalue weighted by Gasteiger charge is 2.20. The molecule has 0 unspecified atom stereocenters. The fourth-order valence-electron chi connectivity index (χ4n) is 3.43. The van der Waals surface area contributed by atoms with Gasteiger partial charge in [-0.1, -0.05) is 58.8 Å². The largest absolute Gasteiger partial charge is 1.00 e. The Hall–Kier alpha value is -1.62. The minimum absolute atomic E-state index is 0. The number of benzene rings is 2. The zero-order chi connectivity index (χ0) is 18.3. The van der Waals surface area contributed by atoms with Crippen LogP contribution in [-0.2, 0) is 13.0 Å². The second-order valence-corrected chi connectivity index (χ2v) is 8.24. The fourth-order valence-corrected chi connectivity index (χ4v) is 4.61. The molecule has 27 heavy (non-hydrogen) atoms. The Labute approximate surface area is 179 Å². The van der Waals surface area contributed by atoms with E-state index in [2.05, 4.69) is 71.6 Å². The average molecular weight is 462 g/mol. The number of halogens is 2. The molecule has 2 aromatic heterocycles. The van der Waals surface area contributed by atoms with E-state index in [4.69, 9.17) is 11.6 Å². The van der Waals surface area contributed by atoms with Crippen molar-refractivity contribution in [2.75, 3.05) is 0 Å². The second-order valence-electron chi connectivity index (χ2n) is 6.97. The van der Waals surface area contributed by atoms with Gasteiger partial charge in [-0.05, 0) is 42.7 Å². The number of aromatic nitrogens is 2. The summed E-state index contributed by atoms with van der Waals surface area (Å²) in [6.07, 6.45) is 3.21. The molecule has 2 heterocycles. The smallest absolute Gasteiger partial charge is 0.346 e. The topological polar surface area (TPSA) is 8.29 Å². The molecule has 2 aromatic carbocycles. The summed E-state index contributed by atoms with van der Waals surface area (Å²) in [5.74, 6) is 0. The fraction of sp³-hybridized carbons (Fsp3) is 0.227. The van der Waals surface area contributed by atoms with Crippen LogP contribution in [-0.4, -0.2) is 4.40 Å². The molecule has 0 atom stereocenters. The van der Waals surface area contributed by atoms with Crippen molar-refractivity contribution in [2.45, 2.75) is 33.7 Å². The van der Waals surface area contributed by atoms with Gasteiger partial charge < -0.3 is 17.0 Å². The lowest BCUT2D eigenvalue weighted by molar-refractivity contribution is -0.665. The predicted octanol–water partition coefficient (Wildman–Crippen LogP) is 2.51. The van der Waals surface area contributed by atoms with Crippen molar-refractivity contribution in [1.82, 2.24) is 4.40 Å². The molecule has 0 amide bonds. The second kappa shape index (κ2) is 8.17. The molecular weight excluding hydrogens is 440 g/mol. The lowest BCUT2D eigenvalue weighted by Crippen LogP contribution is -3.00. The van der Waals surface area contributed by atoms with E-state index < -0.39 is 0 Å². The van der Waals surface area contributed by atoms with Crippen LogP contribution in [0.5, 0.6) is 0 Å². The number of imidazole rings is 1. The van der Waals surface area contributed by atoms with Crippen LogP contribution in [0.4, 0.5) is 0 Å². The molecule has 4 rings (SSSR count). The van der Waals surface area contributed by atoms with Gasteiger partial charge in [-0.25, -0.2) is 4.57 Å². The van der Waals surface area contributed by atoms with E-state index in [0.717, 1.165) is 18.0 Å².